The number of carbonyl (C=O) groups excluding carboxylic acids is 1. The molecule has 1 amide bonds. The van der Waals surface area contributed by atoms with E-state index in [2.05, 4.69) is 10.2 Å². The molecule has 0 aromatic heterocycles. The van der Waals surface area contributed by atoms with E-state index in [0.717, 1.165) is 11.1 Å². The van der Waals surface area contributed by atoms with Crippen LogP contribution in [0.1, 0.15) is 21.5 Å². The Morgan fingerprint density at radius 1 is 1.05 bits per heavy atom. The summed E-state index contributed by atoms with van der Waals surface area (Å²) < 4.78 is 5.18. The maximum absolute atomic E-state index is 11.1. The number of nitrogens with two attached hydrogens (primary N) is 2. The molecule has 6 nitrogen and oxygen atoms in total. The largest absolute Gasteiger partial charge is 0.495 e. The first kappa shape index (κ1) is 15.5. The Morgan fingerprint density at radius 2 is 1.68 bits per heavy atom. The number of nitrogen functional groups attached to an aromatic ring is 1. The van der Waals surface area contributed by atoms with E-state index in [1.165, 1.54) is 0 Å². The fourth-order valence-corrected chi connectivity index (χ4v) is 2.01. The van der Waals surface area contributed by atoms with Gasteiger partial charge < -0.3 is 16.2 Å². The Hall–Kier alpha value is -2.89. The molecule has 0 bridgehead atoms. The SMILES string of the molecule is COc1cc(N=Nc2ccc(C(N)=O)cc2C)c(C)cc1N. The molecular formula is C16H18N4O2. The molecule has 2 aromatic carbocycles. The molecule has 0 heterocycles. The number of aryl methyl sites for hydroxylation is 2. The number of amides is 1. The number of hydrogen-bond acceptors (Lipinski definition) is 5. The summed E-state index contributed by atoms with van der Waals surface area (Å²) in [6.07, 6.45) is 0. The Kier molecular flexibility index (Phi) is 4.41. The number of azo groups is 1. The molecule has 0 spiro atoms. The van der Waals surface area contributed by atoms with Crippen molar-refractivity contribution in [3.05, 3.63) is 47.0 Å². The minimum atomic E-state index is -0.467. The van der Waals surface area contributed by atoms with Crippen LogP contribution in [0.25, 0.3) is 0 Å². The van der Waals surface area contributed by atoms with Crippen molar-refractivity contribution in [2.75, 3.05) is 12.8 Å². The quantitative estimate of drug-likeness (QED) is 0.667. The van der Waals surface area contributed by atoms with Crippen molar-refractivity contribution < 1.29 is 9.53 Å². The highest BCUT2D eigenvalue weighted by atomic mass is 16.5. The van der Waals surface area contributed by atoms with Crippen molar-refractivity contribution in [3.8, 4) is 5.75 Å². The molecule has 22 heavy (non-hydrogen) atoms. The Labute approximate surface area is 128 Å². The van der Waals surface area contributed by atoms with Crippen LogP contribution in [0, 0.1) is 13.8 Å². The summed E-state index contributed by atoms with van der Waals surface area (Å²) in [6.45, 7) is 3.74. The minimum absolute atomic E-state index is 0.446. The third-order valence-electron chi connectivity index (χ3n) is 3.30. The van der Waals surface area contributed by atoms with E-state index in [-0.39, 0.29) is 0 Å². The van der Waals surface area contributed by atoms with E-state index >= 15 is 0 Å². The highest BCUT2D eigenvalue weighted by Gasteiger charge is 2.06. The van der Waals surface area contributed by atoms with Gasteiger partial charge in [0, 0.05) is 11.6 Å². The predicted molar refractivity (Wildman–Crippen MR) is 86.0 cm³/mol. The second-order valence-electron chi connectivity index (χ2n) is 4.95. The van der Waals surface area contributed by atoms with Gasteiger partial charge in [0.05, 0.1) is 24.2 Å². The van der Waals surface area contributed by atoms with E-state index in [0.29, 0.717) is 28.4 Å². The fourth-order valence-electron chi connectivity index (χ4n) is 2.01. The van der Waals surface area contributed by atoms with E-state index in [1.807, 2.05) is 13.8 Å². The van der Waals surface area contributed by atoms with Crippen molar-refractivity contribution in [3.63, 3.8) is 0 Å². The number of primary amides is 1. The fraction of sp³-hybridized carbons (Fsp3) is 0.188. The molecule has 4 N–H and O–H groups in total. The maximum Gasteiger partial charge on any atom is 0.248 e. The summed E-state index contributed by atoms with van der Waals surface area (Å²) >= 11 is 0. The second kappa shape index (κ2) is 6.26. The molecular weight excluding hydrogens is 280 g/mol. The Balaban J connectivity index is 2.35. The third-order valence-corrected chi connectivity index (χ3v) is 3.30. The number of nitrogens with zero attached hydrogens (tertiary/aromatic N) is 2. The molecule has 6 heteroatoms. The van der Waals surface area contributed by atoms with Gasteiger partial charge in [-0.25, -0.2) is 0 Å². The van der Waals surface area contributed by atoms with Gasteiger partial charge in [-0.05, 0) is 49.2 Å². The molecule has 2 aromatic rings. The first-order valence-corrected chi connectivity index (χ1v) is 6.68. The summed E-state index contributed by atoms with van der Waals surface area (Å²) in [4.78, 5) is 11.1. The average molecular weight is 298 g/mol. The topological polar surface area (TPSA) is 103 Å². The van der Waals surface area contributed by atoms with Crippen molar-refractivity contribution >= 4 is 23.0 Å². The number of hydrogen-bond donors (Lipinski definition) is 2. The molecule has 0 atom stereocenters. The average Bonchev–Trinajstić information content (AvgIpc) is 2.47. The standard InChI is InChI=1S/C16H18N4O2/c1-9-6-11(16(18)21)4-5-13(9)19-20-14-8-15(22-3)12(17)7-10(14)2/h4-8H,17H2,1-3H3,(H2,18,21). The lowest BCUT2D eigenvalue weighted by atomic mass is 10.1. The van der Waals surface area contributed by atoms with Crippen molar-refractivity contribution in [1.82, 2.24) is 0 Å². The van der Waals surface area contributed by atoms with E-state index < -0.39 is 5.91 Å². The van der Waals surface area contributed by atoms with Crippen molar-refractivity contribution in [2.24, 2.45) is 16.0 Å². The molecule has 0 radical (unpaired) electrons. The lowest BCUT2D eigenvalue weighted by Crippen LogP contribution is -2.10. The minimum Gasteiger partial charge on any atom is -0.495 e. The first-order valence-electron chi connectivity index (χ1n) is 6.68. The van der Waals surface area contributed by atoms with Crippen molar-refractivity contribution in [2.45, 2.75) is 13.8 Å². The van der Waals surface area contributed by atoms with Crippen LogP contribution in [0.3, 0.4) is 0 Å². The highest BCUT2D eigenvalue weighted by molar-refractivity contribution is 5.93. The summed E-state index contributed by atoms with van der Waals surface area (Å²) in [6, 6.07) is 8.55. The van der Waals surface area contributed by atoms with Crippen LogP contribution in [0.5, 0.6) is 5.75 Å². The van der Waals surface area contributed by atoms with Crippen LogP contribution >= 0.6 is 0 Å². The Morgan fingerprint density at radius 3 is 2.27 bits per heavy atom. The number of ether oxygens (including phenoxy) is 1. The van der Waals surface area contributed by atoms with Gasteiger partial charge in [0.1, 0.15) is 5.75 Å². The van der Waals surface area contributed by atoms with Crippen LogP contribution < -0.4 is 16.2 Å². The number of methoxy groups -OCH3 is 1. The number of benzene rings is 2. The van der Waals surface area contributed by atoms with Gasteiger partial charge in [-0.15, -0.1) is 0 Å². The van der Waals surface area contributed by atoms with Gasteiger partial charge in [0.15, 0.2) is 0 Å². The number of anilines is 1. The molecule has 0 saturated heterocycles. The number of carbonyl (C=O) groups is 1. The van der Waals surface area contributed by atoms with Crippen LogP contribution in [-0.2, 0) is 0 Å². The molecule has 0 aliphatic rings. The lowest BCUT2D eigenvalue weighted by molar-refractivity contribution is 0.1000. The summed E-state index contributed by atoms with van der Waals surface area (Å²) in [5.41, 5.74) is 15.1. The van der Waals surface area contributed by atoms with Crippen LogP contribution in [0.2, 0.25) is 0 Å². The summed E-state index contributed by atoms with van der Waals surface area (Å²) in [7, 11) is 1.55. The van der Waals surface area contributed by atoms with Crippen LogP contribution in [-0.4, -0.2) is 13.0 Å². The zero-order valence-corrected chi connectivity index (χ0v) is 12.8. The zero-order chi connectivity index (χ0) is 16.3. The van der Waals surface area contributed by atoms with E-state index in [4.69, 9.17) is 16.2 Å². The predicted octanol–water partition coefficient (Wildman–Crippen LogP) is 3.41. The van der Waals surface area contributed by atoms with Crippen molar-refractivity contribution in [1.29, 1.82) is 0 Å². The van der Waals surface area contributed by atoms with Gasteiger partial charge in [0.25, 0.3) is 0 Å². The zero-order valence-electron chi connectivity index (χ0n) is 12.8. The van der Waals surface area contributed by atoms with Crippen LogP contribution in [0.4, 0.5) is 17.1 Å². The molecule has 0 aliphatic carbocycles. The monoisotopic (exact) mass is 298 g/mol. The van der Waals surface area contributed by atoms with Gasteiger partial charge in [-0.1, -0.05) is 0 Å². The van der Waals surface area contributed by atoms with Gasteiger partial charge in [-0.3, -0.25) is 4.79 Å². The maximum atomic E-state index is 11.1. The van der Waals surface area contributed by atoms with Gasteiger partial charge in [-0.2, -0.15) is 10.2 Å². The molecule has 0 fully saturated rings. The molecule has 0 unspecified atom stereocenters. The third kappa shape index (κ3) is 3.22. The molecule has 114 valence electrons. The lowest BCUT2D eigenvalue weighted by Gasteiger charge is -2.07. The molecule has 2 rings (SSSR count). The number of rotatable bonds is 4. The van der Waals surface area contributed by atoms with Gasteiger partial charge in [0.2, 0.25) is 5.91 Å². The van der Waals surface area contributed by atoms with E-state index in [9.17, 15) is 4.79 Å². The first-order chi connectivity index (χ1) is 10.4. The van der Waals surface area contributed by atoms with E-state index in [1.54, 1.807) is 37.4 Å². The molecule has 0 saturated carbocycles. The smallest absolute Gasteiger partial charge is 0.248 e. The highest BCUT2D eigenvalue weighted by Crippen LogP contribution is 2.32. The normalized spacial score (nSPS) is 10.9. The summed E-state index contributed by atoms with van der Waals surface area (Å²) in [5.74, 6) is 0.0889. The van der Waals surface area contributed by atoms with Gasteiger partial charge >= 0.3 is 0 Å². The Bertz CT molecular complexity index is 754. The van der Waals surface area contributed by atoms with Crippen LogP contribution in [0.15, 0.2) is 40.6 Å². The summed E-state index contributed by atoms with van der Waals surface area (Å²) in [5, 5.41) is 8.45. The second-order valence-corrected chi connectivity index (χ2v) is 4.95. The molecule has 0 aliphatic heterocycles.